The summed E-state index contributed by atoms with van der Waals surface area (Å²) in [6, 6.07) is 18.9. The number of carbonyl (C=O) groups excluding carboxylic acids is 2. The Labute approximate surface area is 218 Å². The Morgan fingerprint density at radius 1 is 1.05 bits per heavy atom. The maximum atomic E-state index is 13.5. The predicted molar refractivity (Wildman–Crippen MR) is 144 cm³/mol. The van der Waals surface area contributed by atoms with Gasteiger partial charge in [-0.1, -0.05) is 60.7 Å². The van der Waals surface area contributed by atoms with E-state index in [0.717, 1.165) is 22.2 Å². The number of aromatic nitrogens is 1. The van der Waals surface area contributed by atoms with Gasteiger partial charge in [-0.05, 0) is 48.7 Å². The standard InChI is InChI=1S/C29H26N2O5S/c1-4-14-36-21-13-11-19(16-22(21)35-3)25-24(26(32)18-8-6-5-7-9-18)27(33)28(34)31(25)29-30-20-12-10-17(2)15-23(20)37-29/h5-13,15-16,25,32H,4,14H2,1-3H3/b26-24+/t25-/m1/s1. The van der Waals surface area contributed by atoms with E-state index in [2.05, 4.69) is 4.98 Å². The van der Waals surface area contributed by atoms with Crippen LogP contribution in [0.25, 0.3) is 16.0 Å². The van der Waals surface area contributed by atoms with E-state index >= 15 is 0 Å². The SMILES string of the molecule is CCCOc1ccc([C@@H]2/C(=C(\O)c3ccccc3)C(=O)C(=O)N2c2nc3ccc(C)cc3s2)cc1OC. The fourth-order valence-corrected chi connectivity index (χ4v) is 5.50. The van der Waals surface area contributed by atoms with E-state index in [1.165, 1.54) is 23.3 Å². The summed E-state index contributed by atoms with van der Waals surface area (Å²) in [6.07, 6.45) is 0.833. The molecule has 7 nitrogen and oxygen atoms in total. The highest BCUT2D eigenvalue weighted by molar-refractivity contribution is 7.22. The number of ketones is 1. The van der Waals surface area contributed by atoms with E-state index in [9.17, 15) is 14.7 Å². The molecule has 0 spiro atoms. The Kier molecular flexibility index (Phi) is 6.67. The number of amides is 1. The average molecular weight is 515 g/mol. The van der Waals surface area contributed by atoms with Crippen LogP contribution >= 0.6 is 11.3 Å². The van der Waals surface area contributed by atoms with Crippen molar-refractivity contribution < 1.29 is 24.2 Å². The van der Waals surface area contributed by atoms with Gasteiger partial charge in [0.15, 0.2) is 16.6 Å². The first kappa shape index (κ1) is 24.5. The van der Waals surface area contributed by atoms with Crippen molar-refractivity contribution in [3.63, 3.8) is 0 Å². The molecule has 4 aromatic rings. The summed E-state index contributed by atoms with van der Waals surface area (Å²) >= 11 is 1.33. The molecule has 0 unspecified atom stereocenters. The molecule has 0 saturated carbocycles. The molecule has 1 aliphatic heterocycles. The second kappa shape index (κ2) is 10.1. The zero-order valence-corrected chi connectivity index (χ0v) is 21.5. The van der Waals surface area contributed by atoms with Gasteiger partial charge in [-0.2, -0.15) is 0 Å². The second-order valence-corrected chi connectivity index (χ2v) is 9.77. The van der Waals surface area contributed by atoms with Crippen molar-refractivity contribution in [2.75, 3.05) is 18.6 Å². The molecule has 0 radical (unpaired) electrons. The van der Waals surface area contributed by atoms with Gasteiger partial charge in [0.1, 0.15) is 5.76 Å². The topological polar surface area (TPSA) is 89.0 Å². The second-order valence-electron chi connectivity index (χ2n) is 8.76. The third-order valence-corrected chi connectivity index (χ3v) is 7.21. The maximum Gasteiger partial charge on any atom is 0.301 e. The lowest BCUT2D eigenvalue weighted by molar-refractivity contribution is -0.132. The number of aryl methyl sites for hydroxylation is 1. The molecule has 8 heteroatoms. The largest absolute Gasteiger partial charge is 0.507 e. The molecule has 1 atom stereocenters. The molecule has 1 aliphatic rings. The molecule has 5 rings (SSSR count). The summed E-state index contributed by atoms with van der Waals surface area (Å²) in [7, 11) is 1.54. The molecule has 0 bridgehead atoms. The molecule has 1 saturated heterocycles. The molecule has 188 valence electrons. The van der Waals surface area contributed by atoms with Crippen LogP contribution in [0.1, 0.15) is 36.1 Å². The number of hydrogen-bond acceptors (Lipinski definition) is 7. The Balaban J connectivity index is 1.71. The van der Waals surface area contributed by atoms with Gasteiger partial charge in [0.25, 0.3) is 5.78 Å². The molecular formula is C29H26N2O5S. The molecule has 3 aromatic carbocycles. The van der Waals surface area contributed by atoms with Crippen LogP contribution in [-0.2, 0) is 9.59 Å². The molecule has 1 aromatic heterocycles. The van der Waals surface area contributed by atoms with E-state index in [0.29, 0.717) is 34.4 Å². The number of fused-ring (bicyclic) bond motifs is 1. The zero-order chi connectivity index (χ0) is 26.1. The van der Waals surface area contributed by atoms with Crippen LogP contribution in [0.4, 0.5) is 5.13 Å². The van der Waals surface area contributed by atoms with Gasteiger partial charge in [0.2, 0.25) is 0 Å². The average Bonchev–Trinajstić information content (AvgIpc) is 3.44. The number of rotatable bonds is 7. The van der Waals surface area contributed by atoms with E-state index in [4.69, 9.17) is 9.47 Å². The Morgan fingerprint density at radius 3 is 2.57 bits per heavy atom. The smallest absolute Gasteiger partial charge is 0.301 e. The zero-order valence-electron chi connectivity index (χ0n) is 20.7. The van der Waals surface area contributed by atoms with Gasteiger partial charge < -0.3 is 14.6 Å². The molecule has 1 amide bonds. The fourth-order valence-electron chi connectivity index (χ4n) is 4.40. The molecule has 1 N–H and O–H groups in total. The number of carbonyl (C=O) groups is 2. The van der Waals surface area contributed by atoms with Crippen LogP contribution in [0.15, 0.2) is 72.3 Å². The number of aliphatic hydroxyl groups is 1. The van der Waals surface area contributed by atoms with Crippen molar-refractivity contribution in [2.24, 2.45) is 0 Å². The first-order chi connectivity index (χ1) is 17.9. The number of aliphatic hydroxyl groups excluding tert-OH is 1. The number of anilines is 1. The van der Waals surface area contributed by atoms with Crippen LogP contribution < -0.4 is 14.4 Å². The summed E-state index contributed by atoms with van der Waals surface area (Å²) < 4.78 is 12.3. The molecule has 2 heterocycles. The molecular weight excluding hydrogens is 488 g/mol. The van der Waals surface area contributed by atoms with Crippen LogP contribution in [0.3, 0.4) is 0 Å². The maximum absolute atomic E-state index is 13.5. The number of Topliss-reactive ketones (excluding diaryl/α,β-unsaturated/α-hetero) is 1. The van der Waals surface area contributed by atoms with Gasteiger partial charge in [0.05, 0.1) is 35.5 Å². The van der Waals surface area contributed by atoms with Gasteiger partial charge in [-0.25, -0.2) is 4.98 Å². The van der Waals surface area contributed by atoms with Gasteiger partial charge in [-0.3, -0.25) is 14.5 Å². The monoisotopic (exact) mass is 514 g/mol. The highest BCUT2D eigenvalue weighted by atomic mass is 32.1. The van der Waals surface area contributed by atoms with E-state index in [-0.39, 0.29) is 11.3 Å². The summed E-state index contributed by atoms with van der Waals surface area (Å²) in [6.45, 7) is 4.52. The van der Waals surface area contributed by atoms with Crippen LogP contribution in [0, 0.1) is 6.92 Å². The van der Waals surface area contributed by atoms with Crippen molar-refractivity contribution in [1.82, 2.24) is 4.98 Å². The van der Waals surface area contributed by atoms with Gasteiger partial charge in [-0.15, -0.1) is 0 Å². The van der Waals surface area contributed by atoms with Crippen molar-refractivity contribution >= 4 is 44.1 Å². The number of benzene rings is 3. The predicted octanol–water partition coefficient (Wildman–Crippen LogP) is 6.03. The lowest BCUT2D eigenvalue weighted by atomic mass is 9.95. The number of methoxy groups -OCH3 is 1. The minimum absolute atomic E-state index is 0.00378. The normalized spacial score (nSPS) is 16.9. The summed E-state index contributed by atoms with van der Waals surface area (Å²) in [5.41, 5.74) is 2.83. The first-order valence-electron chi connectivity index (χ1n) is 12.0. The summed E-state index contributed by atoms with van der Waals surface area (Å²) in [5.74, 6) is -0.732. The third kappa shape index (κ3) is 4.44. The van der Waals surface area contributed by atoms with Crippen LogP contribution in [0.5, 0.6) is 11.5 Å². The van der Waals surface area contributed by atoms with Crippen molar-refractivity contribution in [3.05, 3.63) is 89.0 Å². The van der Waals surface area contributed by atoms with Crippen molar-refractivity contribution in [3.8, 4) is 11.5 Å². The first-order valence-corrected chi connectivity index (χ1v) is 12.8. The lowest BCUT2D eigenvalue weighted by Crippen LogP contribution is -2.29. The van der Waals surface area contributed by atoms with E-state index in [1.54, 1.807) is 42.5 Å². The van der Waals surface area contributed by atoms with Gasteiger partial charge in [0, 0.05) is 5.56 Å². The fraction of sp³-hybridized carbons (Fsp3) is 0.207. The van der Waals surface area contributed by atoms with E-state index < -0.39 is 17.7 Å². The van der Waals surface area contributed by atoms with Crippen LogP contribution in [-0.4, -0.2) is 35.5 Å². The van der Waals surface area contributed by atoms with Gasteiger partial charge >= 0.3 is 5.91 Å². The van der Waals surface area contributed by atoms with Crippen molar-refractivity contribution in [1.29, 1.82) is 0 Å². The van der Waals surface area contributed by atoms with E-state index in [1.807, 2.05) is 38.1 Å². The van der Waals surface area contributed by atoms with Crippen molar-refractivity contribution in [2.45, 2.75) is 26.3 Å². The summed E-state index contributed by atoms with van der Waals surface area (Å²) in [5, 5.41) is 11.7. The number of ether oxygens (including phenoxy) is 2. The highest BCUT2D eigenvalue weighted by Gasteiger charge is 2.48. The number of hydrogen-bond donors (Lipinski definition) is 1. The quantitative estimate of drug-likeness (QED) is 0.184. The minimum atomic E-state index is -0.906. The number of thiazole rings is 1. The third-order valence-electron chi connectivity index (χ3n) is 6.20. The minimum Gasteiger partial charge on any atom is -0.507 e. The Morgan fingerprint density at radius 2 is 1.84 bits per heavy atom. The summed E-state index contributed by atoms with van der Waals surface area (Å²) in [4.78, 5) is 33.0. The molecule has 0 aliphatic carbocycles. The lowest BCUT2D eigenvalue weighted by Gasteiger charge is -2.24. The Hall–Kier alpha value is -4.17. The number of nitrogens with zero attached hydrogens (tertiary/aromatic N) is 2. The van der Waals surface area contributed by atoms with Crippen LogP contribution in [0.2, 0.25) is 0 Å². The molecule has 37 heavy (non-hydrogen) atoms. The Bertz CT molecular complexity index is 1530. The highest BCUT2D eigenvalue weighted by Crippen LogP contribution is 2.45. The molecule has 1 fully saturated rings.